The first-order valence-electron chi connectivity index (χ1n) is 19.7. The molecule has 6 unspecified atom stereocenters. The van der Waals surface area contributed by atoms with Crippen molar-refractivity contribution < 1.29 is 33.5 Å². The topological polar surface area (TPSA) is 130 Å². The van der Waals surface area contributed by atoms with E-state index in [2.05, 4.69) is 0 Å². The van der Waals surface area contributed by atoms with Gasteiger partial charge in [0.25, 0.3) is 0 Å². The molecule has 13 heteroatoms. The number of rotatable bonds is 6. The van der Waals surface area contributed by atoms with Crippen LogP contribution in [0, 0.1) is 41.8 Å². The van der Waals surface area contributed by atoms with Crippen LogP contribution in [-0.4, -0.2) is 44.3 Å². The lowest BCUT2D eigenvalue weighted by Gasteiger charge is -2.49. The molecule has 2 saturated heterocycles. The van der Waals surface area contributed by atoms with Gasteiger partial charge in [0, 0.05) is 45.4 Å². The Balaban J connectivity index is 1.03. The van der Waals surface area contributed by atoms with Crippen LogP contribution in [0.25, 0.3) is 20.7 Å². The maximum atomic E-state index is 15.3. The summed E-state index contributed by atoms with van der Waals surface area (Å²) in [5.41, 5.74) is 1.95. The van der Waals surface area contributed by atoms with Gasteiger partial charge in [0.1, 0.15) is 11.5 Å². The minimum Gasteiger partial charge on any atom is -0.505 e. The van der Waals surface area contributed by atoms with Crippen LogP contribution in [0.15, 0.2) is 109 Å². The number of fused-ring (bicyclic) bond motifs is 5. The van der Waals surface area contributed by atoms with Gasteiger partial charge in [0.15, 0.2) is 17.3 Å². The van der Waals surface area contributed by atoms with Crippen LogP contribution in [0.1, 0.15) is 52.7 Å². The minimum atomic E-state index is -1.52. The summed E-state index contributed by atoms with van der Waals surface area (Å²) in [4.78, 5) is 75.1. The average Bonchev–Trinajstić information content (AvgIpc) is 3.92. The van der Waals surface area contributed by atoms with Gasteiger partial charge in [-0.25, -0.2) is 9.29 Å². The fourth-order valence-corrected chi connectivity index (χ4v) is 11.6. The number of para-hydroxylation sites is 1. The van der Waals surface area contributed by atoms with E-state index in [1.807, 2.05) is 37.3 Å². The summed E-state index contributed by atoms with van der Waals surface area (Å²) < 4.78 is 17.8. The van der Waals surface area contributed by atoms with E-state index in [1.165, 1.54) is 22.1 Å². The van der Waals surface area contributed by atoms with Crippen molar-refractivity contribution >= 4 is 73.9 Å². The highest BCUT2D eigenvalue weighted by atomic mass is 35.5. The lowest BCUT2D eigenvalue weighted by atomic mass is 9.51. The standard InChI is InChI=1S/C47H36ClFN4O6S/c1-23-31-20-26(48)14-19-36(31)60-42(23)35-22-37(51(3)50-35)53-44(57)33-21-32-28(39(47(33,2)46(53)59)30-10-7-11-34(49)41(30)55)17-18-29-38(32)45(58)52(43(29)56)27-15-12-25(13-16-27)40(54)24-8-5-4-6-9-24/h4-17,19-20,22,29,32-33,38-39,55H,18,21H2,1-3H3. The third kappa shape index (κ3) is 5.36. The van der Waals surface area contributed by atoms with Gasteiger partial charge in [0.2, 0.25) is 23.6 Å². The van der Waals surface area contributed by atoms with Crippen molar-refractivity contribution in [2.24, 2.45) is 36.1 Å². The van der Waals surface area contributed by atoms with Crippen LogP contribution in [-0.2, 0) is 26.2 Å². The average molecular weight is 839 g/mol. The molecule has 60 heavy (non-hydrogen) atoms. The van der Waals surface area contributed by atoms with E-state index >= 15 is 9.18 Å². The molecule has 4 aromatic carbocycles. The Labute approximate surface area is 352 Å². The number of anilines is 2. The Bertz CT molecular complexity index is 2910. The summed E-state index contributed by atoms with van der Waals surface area (Å²) in [6, 6.07) is 26.6. The van der Waals surface area contributed by atoms with Crippen LogP contribution in [0.5, 0.6) is 5.75 Å². The van der Waals surface area contributed by atoms with Gasteiger partial charge < -0.3 is 5.11 Å². The predicted molar refractivity (Wildman–Crippen MR) is 225 cm³/mol. The quantitative estimate of drug-likeness (QED) is 0.101. The first kappa shape index (κ1) is 38.0. The number of phenolic OH excluding ortho intramolecular Hbond substituents is 1. The van der Waals surface area contributed by atoms with E-state index in [1.54, 1.807) is 74.6 Å². The highest BCUT2D eigenvalue weighted by molar-refractivity contribution is 7.22. The molecule has 4 amide bonds. The van der Waals surface area contributed by atoms with Gasteiger partial charge in [-0.3, -0.25) is 33.6 Å². The number of nitrogens with zero attached hydrogens (tertiary/aromatic N) is 4. The smallest absolute Gasteiger partial charge is 0.242 e. The number of thiophene rings is 1. The number of carbonyl (C=O) groups excluding carboxylic acids is 5. The highest BCUT2D eigenvalue weighted by Gasteiger charge is 2.68. The number of hydrogen-bond donors (Lipinski definition) is 1. The molecule has 2 aromatic heterocycles. The van der Waals surface area contributed by atoms with Gasteiger partial charge in [-0.05, 0) is 92.1 Å². The molecule has 3 fully saturated rings. The Kier molecular flexibility index (Phi) is 8.64. The van der Waals surface area contributed by atoms with Crippen molar-refractivity contribution in [3.8, 4) is 16.3 Å². The minimum absolute atomic E-state index is 0.0649. The second kappa shape index (κ2) is 13.7. The van der Waals surface area contributed by atoms with Crippen LogP contribution < -0.4 is 9.80 Å². The van der Waals surface area contributed by atoms with Gasteiger partial charge in [-0.2, -0.15) is 5.10 Å². The summed E-state index contributed by atoms with van der Waals surface area (Å²) in [6.45, 7) is 3.65. The molecule has 0 bridgehead atoms. The Morgan fingerprint density at radius 1 is 0.883 bits per heavy atom. The van der Waals surface area contributed by atoms with Crippen molar-refractivity contribution in [2.75, 3.05) is 9.80 Å². The molecule has 6 atom stereocenters. The number of benzene rings is 4. The first-order chi connectivity index (χ1) is 28.8. The fourth-order valence-electron chi connectivity index (χ4n) is 10.3. The molecule has 4 heterocycles. The predicted octanol–water partition coefficient (Wildman–Crippen LogP) is 8.77. The molecule has 1 N–H and O–H groups in total. The molecule has 10 rings (SSSR count). The Morgan fingerprint density at radius 3 is 2.37 bits per heavy atom. The maximum Gasteiger partial charge on any atom is 0.242 e. The monoisotopic (exact) mass is 838 g/mol. The number of aryl methyl sites for hydroxylation is 2. The molecule has 2 aliphatic carbocycles. The molecule has 0 spiro atoms. The van der Waals surface area contributed by atoms with E-state index in [4.69, 9.17) is 16.7 Å². The summed E-state index contributed by atoms with van der Waals surface area (Å²) in [5.74, 6) is -7.77. The number of ketones is 1. The van der Waals surface area contributed by atoms with E-state index in [-0.39, 0.29) is 30.0 Å². The molecule has 2 aliphatic heterocycles. The third-order valence-electron chi connectivity index (χ3n) is 13.2. The highest BCUT2D eigenvalue weighted by Crippen LogP contribution is 2.64. The summed E-state index contributed by atoms with van der Waals surface area (Å²) >= 11 is 7.84. The van der Waals surface area contributed by atoms with E-state index in [0.717, 1.165) is 36.4 Å². The normalized spacial score (nSPS) is 24.8. The number of aromatic nitrogens is 2. The van der Waals surface area contributed by atoms with E-state index in [0.29, 0.717) is 33.1 Å². The number of aromatic hydroxyl groups is 1. The molecular formula is C47H36ClFN4O6S. The molecule has 1 saturated carbocycles. The van der Waals surface area contributed by atoms with Crippen molar-refractivity contribution in [3.63, 3.8) is 0 Å². The second-order valence-corrected chi connectivity index (χ2v) is 17.8. The number of allylic oxidation sites excluding steroid dienone is 2. The van der Waals surface area contributed by atoms with Crippen LogP contribution in [0.2, 0.25) is 5.02 Å². The van der Waals surface area contributed by atoms with Crippen molar-refractivity contribution in [1.82, 2.24) is 9.78 Å². The maximum absolute atomic E-state index is 15.3. The lowest BCUT2D eigenvalue weighted by molar-refractivity contribution is -0.131. The molecule has 6 aromatic rings. The lowest BCUT2D eigenvalue weighted by Crippen LogP contribution is -2.49. The van der Waals surface area contributed by atoms with Crippen molar-refractivity contribution in [3.05, 3.63) is 142 Å². The zero-order chi connectivity index (χ0) is 41.9. The zero-order valence-electron chi connectivity index (χ0n) is 32.6. The molecular weight excluding hydrogens is 803 g/mol. The fraction of sp³-hybridized carbons (Fsp3) is 0.234. The van der Waals surface area contributed by atoms with Gasteiger partial charge in [-0.1, -0.05) is 65.7 Å². The summed E-state index contributed by atoms with van der Waals surface area (Å²) in [7, 11) is 1.66. The number of halogens is 2. The Morgan fingerprint density at radius 2 is 1.62 bits per heavy atom. The van der Waals surface area contributed by atoms with E-state index in [9.17, 15) is 24.3 Å². The second-order valence-electron chi connectivity index (χ2n) is 16.3. The van der Waals surface area contributed by atoms with Crippen molar-refractivity contribution in [2.45, 2.75) is 32.6 Å². The number of phenols is 1. The molecule has 0 radical (unpaired) electrons. The Hall–Kier alpha value is -6.24. The number of amides is 4. The van der Waals surface area contributed by atoms with Crippen LogP contribution in [0.4, 0.5) is 15.9 Å². The third-order valence-corrected chi connectivity index (χ3v) is 14.8. The largest absolute Gasteiger partial charge is 0.505 e. The van der Waals surface area contributed by atoms with Gasteiger partial charge >= 0.3 is 0 Å². The van der Waals surface area contributed by atoms with Gasteiger partial charge in [-0.15, -0.1) is 11.3 Å². The first-order valence-corrected chi connectivity index (χ1v) is 20.9. The van der Waals surface area contributed by atoms with Crippen LogP contribution in [0.3, 0.4) is 0 Å². The van der Waals surface area contributed by atoms with Crippen LogP contribution >= 0.6 is 22.9 Å². The number of imide groups is 2. The summed E-state index contributed by atoms with van der Waals surface area (Å²) in [5, 5.41) is 17.6. The van der Waals surface area contributed by atoms with Crippen molar-refractivity contribution in [1.29, 1.82) is 0 Å². The number of carbonyl (C=O) groups is 5. The summed E-state index contributed by atoms with van der Waals surface area (Å²) in [6.07, 6.45) is 2.07. The van der Waals surface area contributed by atoms with E-state index < -0.39 is 70.2 Å². The molecule has 10 nitrogen and oxygen atoms in total. The SMILES string of the molecule is Cc1c(-c2cc(N3C(=O)C4CC5C(=CCC6C(=O)N(c7ccc(C(=O)c8ccccc8)cc7)C(=O)C65)C(c5cccc(F)c5O)C4(C)C3=O)n(C)n2)sc2ccc(Cl)cc12. The van der Waals surface area contributed by atoms with Gasteiger partial charge in [0.05, 0.1) is 33.7 Å². The molecule has 4 aliphatic rings. The zero-order valence-corrected chi connectivity index (χ0v) is 34.1. The molecule has 300 valence electrons. The number of hydrogen-bond acceptors (Lipinski definition) is 8.